The van der Waals surface area contributed by atoms with Crippen molar-refractivity contribution >= 4 is 24.7 Å². The molecule has 4 nitrogen and oxygen atoms in total. The molecule has 0 aromatic heterocycles. The van der Waals surface area contributed by atoms with Gasteiger partial charge in [-0.25, -0.2) is 4.79 Å². The van der Waals surface area contributed by atoms with Crippen LogP contribution in [0.1, 0.15) is 36.7 Å². The van der Waals surface area contributed by atoms with E-state index in [0.29, 0.717) is 12.2 Å². The number of carbonyl (C=O) groups excluding carboxylic acids is 1. The third-order valence-corrected chi connectivity index (χ3v) is 11.1. The van der Waals surface area contributed by atoms with E-state index >= 15 is 0 Å². The minimum absolute atomic E-state index is 0.0298. The first-order valence-electron chi connectivity index (χ1n) is 11.4. The van der Waals surface area contributed by atoms with Crippen LogP contribution in [0.25, 0.3) is 0 Å². The normalized spacial score (nSPS) is 12.1. The van der Waals surface area contributed by atoms with E-state index in [4.69, 9.17) is 9.16 Å². The highest BCUT2D eigenvalue weighted by atomic mass is 28.4. The van der Waals surface area contributed by atoms with Gasteiger partial charge >= 0.3 is 5.97 Å². The lowest BCUT2D eigenvalue weighted by molar-refractivity contribution is 0.0600. The lowest BCUT2D eigenvalue weighted by Crippen LogP contribution is -2.67. The molecule has 174 valence electrons. The maximum Gasteiger partial charge on any atom is 0.337 e. The van der Waals surface area contributed by atoms with E-state index in [1.165, 1.54) is 17.5 Å². The van der Waals surface area contributed by atoms with E-state index in [1.807, 2.05) is 24.3 Å². The average Bonchev–Trinajstić information content (AvgIpc) is 2.82. The molecule has 0 spiro atoms. The van der Waals surface area contributed by atoms with Gasteiger partial charge in [-0.3, -0.25) is 4.90 Å². The highest BCUT2D eigenvalue weighted by Gasteiger charge is 2.49. The fourth-order valence-corrected chi connectivity index (χ4v) is 8.92. The van der Waals surface area contributed by atoms with Crippen LogP contribution in [0, 0.1) is 0 Å². The average molecular weight is 462 g/mol. The number of rotatable bonds is 9. The molecule has 33 heavy (non-hydrogen) atoms. The minimum atomic E-state index is -2.51. The highest BCUT2D eigenvalue weighted by molar-refractivity contribution is 6.99. The van der Waals surface area contributed by atoms with Crippen molar-refractivity contribution in [1.29, 1.82) is 0 Å². The Morgan fingerprint density at radius 3 is 1.82 bits per heavy atom. The lowest BCUT2D eigenvalue weighted by atomic mass is 10.1. The number of ether oxygens (including phenoxy) is 1. The second kappa shape index (κ2) is 10.9. The Bertz CT molecular complexity index is 975. The van der Waals surface area contributed by atoms with Crippen LogP contribution in [-0.4, -0.2) is 46.5 Å². The largest absolute Gasteiger partial charge is 0.465 e. The molecule has 0 aliphatic rings. The predicted molar refractivity (Wildman–Crippen MR) is 138 cm³/mol. The first-order valence-corrected chi connectivity index (χ1v) is 13.3. The number of methoxy groups -OCH3 is 1. The zero-order chi connectivity index (χ0) is 23.9. The van der Waals surface area contributed by atoms with Crippen LogP contribution in [0.4, 0.5) is 0 Å². The molecular weight excluding hydrogens is 426 g/mol. The van der Waals surface area contributed by atoms with E-state index in [2.05, 4.69) is 93.4 Å². The molecule has 3 aromatic rings. The van der Waals surface area contributed by atoms with Crippen molar-refractivity contribution in [3.63, 3.8) is 0 Å². The molecule has 3 rings (SSSR count). The Balaban J connectivity index is 1.76. The topological polar surface area (TPSA) is 38.8 Å². The molecule has 0 atom stereocenters. The highest BCUT2D eigenvalue weighted by Crippen LogP contribution is 2.36. The lowest BCUT2D eigenvalue weighted by Gasteiger charge is -2.43. The van der Waals surface area contributed by atoms with E-state index in [1.54, 1.807) is 0 Å². The predicted octanol–water partition coefficient (Wildman–Crippen LogP) is 4.48. The van der Waals surface area contributed by atoms with Gasteiger partial charge < -0.3 is 9.16 Å². The molecule has 0 unspecified atom stereocenters. The minimum Gasteiger partial charge on any atom is -0.465 e. The van der Waals surface area contributed by atoms with Crippen LogP contribution in [0.15, 0.2) is 84.9 Å². The summed E-state index contributed by atoms with van der Waals surface area (Å²) in [6.07, 6.45) is 0. The smallest absolute Gasteiger partial charge is 0.337 e. The van der Waals surface area contributed by atoms with Crippen molar-refractivity contribution in [3.8, 4) is 0 Å². The summed E-state index contributed by atoms with van der Waals surface area (Å²) in [5.41, 5.74) is 1.72. The molecule has 0 radical (unpaired) electrons. The Kier molecular flexibility index (Phi) is 8.24. The Morgan fingerprint density at radius 2 is 1.36 bits per heavy atom. The molecule has 0 heterocycles. The molecule has 0 amide bonds. The van der Waals surface area contributed by atoms with Crippen molar-refractivity contribution in [2.75, 3.05) is 27.3 Å². The number of benzene rings is 3. The van der Waals surface area contributed by atoms with Gasteiger partial charge in [0.05, 0.1) is 12.7 Å². The van der Waals surface area contributed by atoms with Crippen LogP contribution in [0.2, 0.25) is 5.04 Å². The number of carbonyl (C=O) groups is 1. The molecule has 0 saturated carbocycles. The van der Waals surface area contributed by atoms with Crippen LogP contribution < -0.4 is 10.4 Å². The molecule has 0 aliphatic heterocycles. The molecule has 0 bridgehead atoms. The summed E-state index contributed by atoms with van der Waals surface area (Å²) >= 11 is 0. The van der Waals surface area contributed by atoms with Crippen molar-refractivity contribution in [3.05, 3.63) is 96.1 Å². The molecule has 0 N–H and O–H groups in total. The summed E-state index contributed by atoms with van der Waals surface area (Å²) in [5, 5.41) is 2.56. The summed E-state index contributed by atoms with van der Waals surface area (Å²) in [6, 6.07) is 29.0. The summed E-state index contributed by atoms with van der Waals surface area (Å²) in [4.78, 5) is 13.9. The number of hydrogen-bond donors (Lipinski definition) is 0. The Labute approximate surface area is 199 Å². The first-order chi connectivity index (χ1) is 15.8. The molecule has 0 fully saturated rings. The monoisotopic (exact) mass is 461 g/mol. The first kappa shape index (κ1) is 24.9. The second-order valence-electron chi connectivity index (χ2n) is 9.44. The summed E-state index contributed by atoms with van der Waals surface area (Å²) in [5.74, 6) is -0.311. The van der Waals surface area contributed by atoms with E-state index in [9.17, 15) is 4.79 Å². The molecule has 0 aliphatic carbocycles. The Hall–Kier alpha value is -2.73. The van der Waals surface area contributed by atoms with Crippen molar-refractivity contribution in [1.82, 2.24) is 4.90 Å². The maximum atomic E-state index is 11.7. The van der Waals surface area contributed by atoms with Gasteiger partial charge in [0.1, 0.15) is 0 Å². The Morgan fingerprint density at radius 1 is 0.848 bits per heavy atom. The zero-order valence-corrected chi connectivity index (χ0v) is 21.4. The molecular formula is C28H35NO3Si. The van der Waals surface area contributed by atoms with Gasteiger partial charge in [-0.2, -0.15) is 0 Å². The fraction of sp³-hybridized carbons (Fsp3) is 0.321. The van der Waals surface area contributed by atoms with Gasteiger partial charge in [0.15, 0.2) is 0 Å². The number of hydrogen-bond acceptors (Lipinski definition) is 4. The van der Waals surface area contributed by atoms with Crippen molar-refractivity contribution in [2.45, 2.75) is 32.4 Å². The molecule has 5 heteroatoms. The third-order valence-electron chi connectivity index (χ3n) is 6.04. The van der Waals surface area contributed by atoms with Crippen molar-refractivity contribution < 1.29 is 14.0 Å². The summed E-state index contributed by atoms with van der Waals surface area (Å²) in [6.45, 7) is 9.13. The van der Waals surface area contributed by atoms with Gasteiger partial charge in [0.2, 0.25) is 0 Å². The standard InChI is InChI=1S/C28H35NO3Si/c1-28(2,3)33(25-12-8-6-9-13-25,26-14-10-7-11-15-26)32-21-20-29(4)22-23-16-18-24(19-17-23)27(30)31-5/h6-19H,20-22H2,1-5H3. The second-order valence-corrected chi connectivity index (χ2v) is 13.7. The summed E-state index contributed by atoms with van der Waals surface area (Å²) in [7, 11) is 0.988. The number of likely N-dealkylation sites (N-methyl/N-ethyl adjacent to an activating group) is 1. The van der Waals surface area contributed by atoms with Crippen LogP contribution in [0.3, 0.4) is 0 Å². The van der Waals surface area contributed by atoms with Crippen LogP contribution in [-0.2, 0) is 15.7 Å². The van der Waals surface area contributed by atoms with Gasteiger partial charge in [0, 0.05) is 19.7 Å². The number of nitrogens with zero attached hydrogens (tertiary/aromatic N) is 1. The van der Waals surface area contributed by atoms with E-state index in [-0.39, 0.29) is 11.0 Å². The summed E-state index contributed by atoms with van der Waals surface area (Å²) < 4.78 is 11.8. The van der Waals surface area contributed by atoms with E-state index in [0.717, 1.165) is 18.7 Å². The maximum absolute atomic E-state index is 11.7. The van der Waals surface area contributed by atoms with Crippen LogP contribution >= 0.6 is 0 Å². The van der Waals surface area contributed by atoms with E-state index < -0.39 is 8.32 Å². The van der Waals surface area contributed by atoms with Gasteiger partial charge in [-0.15, -0.1) is 0 Å². The SMILES string of the molecule is COC(=O)c1ccc(CN(C)CCO[Si](c2ccccc2)(c2ccccc2)C(C)(C)C)cc1. The van der Waals surface area contributed by atoms with Crippen LogP contribution in [0.5, 0.6) is 0 Å². The van der Waals surface area contributed by atoms with Crippen molar-refractivity contribution in [2.24, 2.45) is 0 Å². The third kappa shape index (κ3) is 5.80. The van der Waals surface area contributed by atoms with Gasteiger partial charge in [0.25, 0.3) is 8.32 Å². The molecule has 3 aromatic carbocycles. The number of esters is 1. The quantitative estimate of drug-likeness (QED) is 0.348. The zero-order valence-electron chi connectivity index (χ0n) is 20.4. The fourth-order valence-electron chi connectivity index (χ4n) is 4.37. The molecule has 0 saturated heterocycles. The van der Waals surface area contributed by atoms with Gasteiger partial charge in [-0.1, -0.05) is 93.6 Å². The van der Waals surface area contributed by atoms with Gasteiger partial charge in [-0.05, 0) is 40.2 Å².